The predicted molar refractivity (Wildman–Crippen MR) is 75.2 cm³/mol. The number of hydrogen-bond acceptors (Lipinski definition) is 4. The number of nitrogens with two attached hydrogens (primary N) is 1. The van der Waals surface area contributed by atoms with Crippen molar-refractivity contribution in [2.24, 2.45) is 5.73 Å². The summed E-state index contributed by atoms with van der Waals surface area (Å²) in [5.41, 5.74) is 6.26. The summed E-state index contributed by atoms with van der Waals surface area (Å²) >= 11 is 0. The monoisotopic (exact) mass is 263 g/mol. The Bertz CT molecular complexity index is 392. The highest BCUT2D eigenvalue weighted by molar-refractivity contribution is 5.38. The summed E-state index contributed by atoms with van der Waals surface area (Å²) in [6.07, 6.45) is 0.860. The minimum atomic E-state index is 0.376. The standard InChI is InChI=1S/C15H21NO3/c1-17-12-13-18-10-3-11-19-15-7-5-14(6-8-15)4-2-9-16/h5-8H,3,9-13,16H2,1H3. The van der Waals surface area contributed by atoms with Gasteiger partial charge in [-0.3, -0.25) is 0 Å². The Morgan fingerprint density at radius 1 is 1.05 bits per heavy atom. The zero-order valence-corrected chi connectivity index (χ0v) is 11.4. The van der Waals surface area contributed by atoms with Crippen LogP contribution in [0.15, 0.2) is 24.3 Å². The molecule has 0 aliphatic heterocycles. The molecule has 0 aliphatic rings. The molecule has 0 amide bonds. The third-order valence-corrected chi connectivity index (χ3v) is 2.32. The molecule has 0 fully saturated rings. The lowest BCUT2D eigenvalue weighted by Gasteiger charge is -2.06. The van der Waals surface area contributed by atoms with Gasteiger partial charge in [-0.2, -0.15) is 0 Å². The predicted octanol–water partition coefficient (Wildman–Crippen LogP) is 1.43. The van der Waals surface area contributed by atoms with E-state index < -0.39 is 0 Å². The average molecular weight is 263 g/mol. The second-order valence-corrected chi connectivity index (χ2v) is 3.84. The Kier molecular flexibility index (Phi) is 8.48. The maximum Gasteiger partial charge on any atom is 0.119 e. The van der Waals surface area contributed by atoms with E-state index in [0.29, 0.717) is 33.0 Å². The normalized spacial score (nSPS) is 9.79. The van der Waals surface area contributed by atoms with E-state index in [9.17, 15) is 0 Å². The highest BCUT2D eigenvalue weighted by atomic mass is 16.5. The van der Waals surface area contributed by atoms with Gasteiger partial charge in [0.25, 0.3) is 0 Å². The van der Waals surface area contributed by atoms with Crippen molar-refractivity contribution in [3.63, 3.8) is 0 Å². The lowest BCUT2D eigenvalue weighted by atomic mass is 10.2. The van der Waals surface area contributed by atoms with Crippen LogP contribution in [0.3, 0.4) is 0 Å². The molecule has 1 aromatic carbocycles. The van der Waals surface area contributed by atoms with Gasteiger partial charge in [0.2, 0.25) is 0 Å². The molecule has 0 aliphatic carbocycles. The second-order valence-electron chi connectivity index (χ2n) is 3.84. The number of benzene rings is 1. The van der Waals surface area contributed by atoms with Crippen molar-refractivity contribution < 1.29 is 14.2 Å². The van der Waals surface area contributed by atoms with Gasteiger partial charge >= 0.3 is 0 Å². The molecule has 0 spiro atoms. The number of rotatable bonds is 8. The first-order valence-corrected chi connectivity index (χ1v) is 6.35. The van der Waals surface area contributed by atoms with Crippen LogP contribution in [-0.2, 0) is 9.47 Å². The third kappa shape index (κ3) is 7.47. The van der Waals surface area contributed by atoms with Gasteiger partial charge in [0, 0.05) is 25.7 Å². The molecular formula is C15H21NO3. The molecule has 2 N–H and O–H groups in total. The van der Waals surface area contributed by atoms with Crippen LogP contribution in [-0.4, -0.2) is 40.1 Å². The molecular weight excluding hydrogens is 242 g/mol. The molecule has 0 radical (unpaired) electrons. The van der Waals surface area contributed by atoms with Gasteiger partial charge in [-0.15, -0.1) is 0 Å². The fraction of sp³-hybridized carbons (Fsp3) is 0.467. The number of ether oxygens (including phenoxy) is 3. The maximum atomic E-state index is 5.59. The fourth-order valence-electron chi connectivity index (χ4n) is 1.38. The molecule has 0 saturated carbocycles. The zero-order valence-electron chi connectivity index (χ0n) is 11.4. The van der Waals surface area contributed by atoms with Crippen LogP contribution in [0.4, 0.5) is 0 Å². The molecule has 104 valence electrons. The highest BCUT2D eigenvalue weighted by Crippen LogP contribution is 2.11. The van der Waals surface area contributed by atoms with Crippen molar-refractivity contribution in [2.75, 3.05) is 40.1 Å². The van der Waals surface area contributed by atoms with Crippen molar-refractivity contribution in [3.8, 4) is 17.6 Å². The summed E-state index contributed by atoms with van der Waals surface area (Å²) in [7, 11) is 1.66. The second kappa shape index (κ2) is 10.4. The molecule has 19 heavy (non-hydrogen) atoms. The molecule has 0 atom stereocenters. The Labute approximate surface area is 114 Å². The molecule has 0 bridgehead atoms. The third-order valence-electron chi connectivity index (χ3n) is 2.32. The van der Waals surface area contributed by atoms with Crippen LogP contribution in [0.2, 0.25) is 0 Å². The van der Waals surface area contributed by atoms with Crippen LogP contribution < -0.4 is 10.5 Å². The molecule has 0 saturated heterocycles. The fourth-order valence-corrected chi connectivity index (χ4v) is 1.38. The van der Waals surface area contributed by atoms with Gasteiger partial charge in [0.1, 0.15) is 5.75 Å². The molecule has 4 heteroatoms. The zero-order chi connectivity index (χ0) is 13.8. The van der Waals surface area contributed by atoms with Crippen molar-refractivity contribution in [2.45, 2.75) is 6.42 Å². The summed E-state index contributed by atoms with van der Waals surface area (Å²) in [6.45, 7) is 2.96. The van der Waals surface area contributed by atoms with Crippen molar-refractivity contribution >= 4 is 0 Å². The van der Waals surface area contributed by atoms with Crippen LogP contribution in [0.25, 0.3) is 0 Å². The minimum Gasteiger partial charge on any atom is -0.494 e. The van der Waals surface area contributed by atoms with Crippen molar-refractivity contribution in [3.05, 3.63) is 29.8 Å². The van der Waals surface area contributed by atoms with Crippen LogP contribution >= 0.6 is 0 Å². The van der Waals surface area contributed by atoms with Crippen molar-refractivity contribution in [1.82, 2.24) is 0 Å². The SMILES string of the molecule is COCCOCCCOc1ccc(C#CCN)cc1. The Hall–Kier alpha value is -1.54. The van der Waals surface area contributed by atoms with Crippen molar-refractivity contribution in [1.29, 1.82) is 0 Å². The minimum absolute atomic E-state index is 0.376. The van der Waals surface area contributed by atoms with E-state index in [1.807, 2.05) is 24.3 Å². The molecule has 4 nitrogen and oxygen atoms in total. The van der Waals surface area contributed by atoms with E-state index in [1.165, 1.54) is 0 Å². The van der Waals surface area contributed by atoms with E-state index in [-0.39, 0.29) is 0 Å². The first kappa shape index (κ1) is 15.5. The molecule has 0 aromatic heterocycles. The van der Waals surface area contributed by atoms with Gasteiger partial charge in [0.05, 0.1) is 26.4 Å². The van der Waals surface area contributed by atoms with E-state index in [1.54, 1.807) is 7.11 Å². The van der Waals surface area contributed by atoms with Gasteiger partial charge in [-0.1, -0.05) is 11.8 Å². The summed E-state index contributed by atoms with van der Waals surface area (Å²) < 4.78 is 15.8. The van der Waals surface area contributed by atoms with Gasteiger partial charge in [-0.25, -0.2) is 0 Å². The topological polar surface area (TPSA) is 53.7 Å². The number of hydrogen-bond donors (Lipinski definition) is 1. The summed E-state index contributed by atoms with van der Waals surface area (Å²) in [4.78, 5) is 0. The molecule has 0 heterocycles. The summed E-state index contributed by atoms with van der Waals surface area (Å²) in [5.74, 6) is 6.62. The Morgan fingerprint density at radius 2 is 1.84 bits per heavy atom. The molecule has 0 unspecified atom stereocenters. The lowest BCUT2D eigenvalue weighted by molar-refractivity contribution is 0.0644. The van der Waals surface area contributed by atoms with E-state index in [4.69, 9.17) is 19.9 Å². The van der Waals surface area contributed by atoms with E-state index in [2.05, 4.69) is 11.8 Å². The van der Waals surface area contributed by atoms with Gasteiger partial charge in [-0.05, 0) is 24.3 Å². The summed E-state index contributed by atoms with van der Waals surface area (Å²) in [5, 5.41) is 0. The van der Waals surface area contributed by atoms with Gasteiger partial charge < -0.3 is 19.9 Å². The highest BCUT2D eigenvalue weighted by Gasteiger charge is 1.94. The van der Waals surface area contributed by atoms with E-state index >= 15 is 0 Å². The molecule has 1 aromatic rings. The van der Waals surface area contributed by atoms with Crippen LogP contribution in [0, 0.1) is 11.8 Å². The Balaban J connectivity index is 2.16. The smallest absolute Gasteiger partial charge is 0.119 e. The van der Waals surface area contributed by atoms with Crippen LogP contribution in [0.1, 0.15) is 12.0 Å². The van der Waals surface area contributed by atoms with E-state index in [0.717, 1.165) is 17.7 Å². The van der Waals surface area contributed by atoms with Crippen LogP contribution in [0.5, 0.6) is 5.75 Å². The first-order chi connectivity index (χ1) is 9.36. The molecule has 1 rings (SSSR count). The first-order valence-electron chi connectivity index (χ1n) is 6.35. The van der Waals surface area contributed by atoms with Gasteiger partial charge in [0.15, 0.2) is 0 Å². The number of methoxy groups -OCH3 is 1. The quantitative estimate of drug-likeness (QED) is 0.569. The maximum absolute atomic E-state index is 5.59. The lowest BCUT2D eigenvalue weighted by Crippen LogP contribution is -2.06. The Morgan fingerprint density at radius 3 is 2.53 bits per heavy atom. The summed E-state index contributed by atoms with van der Waals surface area (Å²) in [6, 6.07) is 7.67. The largest absolute Gasteiger partial charge is 0.494 e. The average Bonchev–Trinajstić information content (AvgIpc) is 2.45.